The van der Waals surface area contributed by atoms with E-state index in [1.807, 2.05) is 0 Å². The van der Waals surface area contributed by atoms with Crippen molar-refractivity contribution in [1.82, 2.24) is 0 Å². The molecule has 0 saturated heterocycles. The van der Waals surface area contributed by atoms with Gasteiger partial charge >= 0.3 is 0 Å². The fourth-order valence-corrected chi connectivity index (χ4v) is 8.01. The largest absolute Gasteiger partial charge is 0.393 e. The summed E-state index contributed by atoms with van der Waals surface area (Å²) in [5.74, 6) is 1.25. The van der Waals surface area contributed by atoms with Crippen LogP contribution in [0.3, 0.4) is 0 Å². The van der Waals surface area contributed by atoms with Gasteiger partial charge in [0, 0.05) is 12.3 Å². The zero-order chi connectivity index (χ0) is 18.1. The maximum atomic E-state index is 12.7. The maximum absolute atomic E-state index is 12.7. The van der Waals surface area contributed by atoms with Crippen molar-refractivity contribution in [3.8, 4) is 0 Å². The number of aliphatic hydroxyl groups is 3. The molecule has 0 amide bonds. The Balaban J connectivity index is 1.69. The highest BCUT2D eigenvalue weighted by Gasteiger charge is 2.65. The Morgan fingerprint density at radius 3 is 2.52 bits per heavy atom. The standard InChI is InChI=1S/C21H34O4/c1-11(22)18-16(24)9-15-14-5-4-12-8-13(23)6-7-20(12,2)19(14)17(25)10-21(15,18)3/h11-15,17-19,22-23,25H,4-10H2,1-3H3/t11-,12+,13-,14+,15+,17+,18+,19-,20+,21+/m1/s1. The van der Waals surface area contributed by atoms with Gasteiger partial charge in [0.2, 0.25) is 0 Å². The molecule has 0 aromatic heterocycles. The van der Waals surface area contributed by atoms with Crippen LogP contribution >= 0.6 is 0 Å². The minimum atomic E-state index is -0.636. The fraction of sp³-hybridized carbons (Fsp3) is 0.952. The fourth-order valence-electron chi connectivity index (χ4n) is 8.01. The molecule has 0 aromatic rings. The third-order valence-corrected chi connectivity index (χ3v) is 8.96. The number of hydrogen-bond acceptors (Lipinski definition) is 4. The van der Waals surface area contributed by atoms with E-state index < -0.39 is 12.2 Å². The first-order valence-electron chi connectivity index (χ1n) is 10.3. The highest BCUT2D eigenvalue weighted by Crippen LogP contribution is 2.67. The summed E-state index contributed by atoms with van der Waals surface area (Å²) in [5.41, 5.74) is -0.196. The lowest BCUT2D eigenvalue weighted by molar-refractivity contribution is -0.181. The summed E-state index contributed by atoms with van der Waals surface area (Å²) in [5, 5.41) is 31.6. The lowest BCUT2D eigenvalue weighted by Gasteiger charge is -2.62. The van der Waals surface area contributed by atoms with Gasteiger partial charge < -0.3 is 15.3 Å². The molecule has 0 spiro atoms. The number of carbonyl (C=O) groups is 1. The van der Waals surface area contributed by atoms with Crippen LogP contribution in [-0.4, -0.2) is 39.4 Å². The lowest BCUT2D eigenvalue weighted by Crippen LogP contribution is -2.59. The van der Waals surface area contributed by atoms with Crippen LogP contribution in [0.2, 0.25) is 0 Å². The highest BCUT2D eigenvalue weighted by molar-refractivity contribution is 5.85. The summed E-state index contributed by atoms with van der Waals surface area (Å²) in [6, 6.07) is 0. The van der Waals surface area contributed by atoms with Gasteiger partial charge in [-0.05, 0) is 80.0 Å². The van der Waals surface area contributed by atoms with E-state index in [1.54, 1.807) is 6.92 Å². The quantitative estimate of drug-likeness (QED) is 0.679. The number of Topliss-reactive ketones (excluding diaryl/α,β-unsaturated/α-hetero) is 1. The van der Waals surface area contributed by atoms with E-state index in [4.69, 9.17) is 0 Å². The van der Waals surface area contributed by atoms with Gasteiger partial charge in [0.25, 0.3) is 0 Å². The summed E-state index contributed by atoms with van der Waals surface area (Å²) in [4.78, 5) is 12.7. The Morgan fingerprint density at radius 2 is 1.84 bits per heavy atom. The van der Waals surface area contributed by atoms with E-state index in [0.717, 1.165) is 32.1 Å². The summed E-state index contributed by atoms with van der Waals surface area (Å²) in [6.45, 7) is 6.20. The van der Waals surface area contributed by atoms with Gasteiger partial charge in [0.1, 0.15) is 5.78 Å². The van der Waals surface area contributed by atoms with Crippen LogP contribution in [0.4, 0.5) is 0 Å². The van der Waals surface area contributed by atoms with Gasteiger partial charge in [0.15, 0.2) is 0 Å². The van der Waals surface area contributed by atoms with Gasteiger partial charge in [-0.1, -0.05) is 13.8 Å². The van der Waals surface area contributed by atoms with Crippen LogP contribution in [0.25, 0.3) is 0 Å². The molecule has 4 aliphatic rings. The molecule has 4 nitrogen and oxygen atoms in total. The highest BCUT2D eigenvalue weighted by atomic mass is 16.3. The number of carbonyl (C=O) groups excluding carboxylic acids is 1. The lowest BCUT2D eigenvalue weighted by atomic mass is 9.44. The number of rotatable bonds is 1. The Labute approximate surface area is 151 Å². The first-order valence-corrected chi connectivity index (χ1v) is 10.3. The van der Waals surface area contributed by atoms with Crippen LogP contribution in [0.5, 0.6) is 0 Å². The van der Waals surface area contributed by atoms with Crippen LogP contribution in [0.15, 0.2) is 0 Å². The smallest absolute Gasteiger partial charge is 0.139 e. The molecular formula is C21H34O4. The van der Waals surface area contributed by atoms with Crippen molar-refractivity contribution in [1.29, 1.82) is 0 Å². The SMILES string of the molecule is C[C@@H](O)[C@H]1C(=O)C[C@H]2[C@@H]3CC[C@H]4C[C@H](O)CC[C@]4(C)[C@H]3[C@@H](O)C[C@]12C. The predicted octanol–water partition coefficient (Wildman–Crippen LogP) is 2.54. The number of hydrogen-bond donors (Lipinski definition) is 3. The van der Waals surface area contributed by atoms with Crippen molar-refractivity contribution in [2.75, 3.05) is 0 Å². The molecule has 142 valence electrons. The third kappa shape index (κ3) is 2.40. The van der Waals surface area contributed by atoms with Crippen LogP contribution in [0, 0.1) is 40.4 Å². The van der Waals surface area contributed by atoms with Crippen molar-refractivity contribution in [3.05, 3.63) is 0 Å². The summed E-state index contributed by atoms with van der Waals surface area (Å²) in [7, 11) is 0. The summed E-state index contributed by atoms with van der Waals surface area (Å²) in [6.07, 6.45) is 4.81. The van der Waals surface area contributed by atoms with Crippen molar-refractivity contribution in [3.63, 3.8) is 0 Å². The van der Waals surface area contributed by atoms with E-state index in [1.165, 1.54) is 0 Å². The molecule has 0 heterocycles. The monoisotopic (exact) mass is 350 g/mol. The Morgan fingerprint density at radius 1 is 1.12 bits per heavy atom. The molecule has 25 heavy (non-hydrogen) atoms. The minimum Gasteiger partial charge on any atom is -0.393 e. The second-order valence-corrected chi connectivity index (χ2v) is 10.2. The van der Waals surface area contributed by atoms with Crippen molar-refractivity contribution in [2.45, 2.75) is 84.0 Å². The van der Waals surface area contributed by atoms with Gasteiger partial charge in [-0.3, -0.25) is 4.79 Å². The van der Waals surface area contributed by atoms with E-state index in [2.05, 4.69) is 13.8 Å². The summed E-state index contributed by atoms with van der Waals surface area (Å²) >= 11 is 0. The summed E-state index contributed by atoms with van der Waals surface area (Å²) < 4.78 is 0. The van der Waals surface area contributed by atoms with Crippen LogP contribution < -0.4 is 0 Å². The average Bonchev–Trinajstić information content (AvgIpc) is 2.77. The molecule has 0 aromatic carbocycles. The molecule has 4 fully saturated rings. The van der Waals surface area contributed by atoms with Crippen molar-refractivity contribution >= 4 is 5.78 Å². The molecule has 4 aliphatic carbocycles. The maximum Gasteiger partial charge on any atom is 0.139 e. The normalized spacial score (nSPS) is 56.7. The van der Waals surface area contributed by atoms with E-state index >= 15 is 0 Å². The van der Waals surface area contributed by atoms with Gasteiger partial charge in [-0.2, -0.15) is 0 Å². The zero-order valence-electron chi connectivity index (χ0n) is 15.8. The topological polar surface area (TPSA) is 77.8 Å². The van der Waals surface area contributed by atoms with E-state index in [9.17, 15) is 20.1 Å². The third-order valence-electron chi connectivity index (χ3n) is 8.96. The molecule has 0 bridgehead atoms. The van der Waals surface area contributed by atoms with E-state index in [-0.39, 0.29) is 40.5 Å². The molecule has 3 N–H and O–H groups in total. The first-order chi connectivity index (χ1) is 11.7. The minimum absolute atomic E-state index is 0.0782. The average molecular weight is 350 g/mol. The molecule has 0 radical (unpaired) electrons. The molecular weight excluding hydrogens is 316 g/mol. The number of fused-ring (bicyclic) bond motifs is 5. The number of ketones is 1. The van der Waals surface area contributed by atoms with Gasteiger partial charge in [0.05, 0.1) is 18.3 Å². The van der Waals surface area contributed by atoms with Crippen molar-refractivity contribution in [2.24, 2.45) is 40.4 Å². The Bertz CT molecular complexity index is 560. The first kappa shape index (κ1) is 17.9. The molecule has 10 atom stereocenters. The number of aliphatic hydroxyl groups excluding tert-OH is 3. The zero-order valence-corrected chi connectivity index (χ0v) is 15.8. The molecule has 0 unspecified atom stereocenters. The van der Waals surface area contributed by atoms with Gasteiger partial charge in [-0.15, -0.1) is 0 Å². The molecule has 4 rings (SSSR count). The van der Waals surface area contributed by atoms with E-state index in [0.29, 0.717) is 24.7 Å². The van der Waals surface area contributed by atoms with Crippen molar-refractivity contribution < 1.29 is 20.1 Å². The Hall–Kier alpha value is -0.450. The van der Waals surface area contributed by atoms with Crippen LogP contribution in [0.1, 0.15) is 65.7 Å². The van der Waals surface area contributed by atoms with Gasteiger partial charge in [-0.25, -0.2) is 0 Å². The molecule has 0 aliphatic heterocycles. The Kier molecular flexibility index (Phi) is 4.14. The second kappa shape index (κ2) is 5.77. The van der Waals surface area contributed by atoms with Crippen LogP contribution in [-0.2, 0) is 4.79 Å². The molecule has 4 heteroatoms. The molecule has 4 saturated carbocycles. The predicted molar refractivity (Wildman–Crippen MR) is 94.7 cm³/mol. The second-order valence-electron chi connectivity index (χ2n) is 10.2.